The van der Waals surface area contributed by atoms with Crippen molar-refractivity contribution in [2.75, 3.05) is 0 Å². The van der Waals surface area contributed by atoms with Crippen molar-refractivity contribution < 1.29 is 0 Å². The number of rotatable bonds is 4. The van der Waals surface area contributed by atoms with Gasteiger partial charge in [-0.15, -0.1) is 0 Å². The van der Waals surface area contributed by atoms with Crippen LogP contribution in [0.15, 0.2) is 48.5 Å². The maximum Gasteiger partial charge on any atom is 0.107 e. The molecule has 0 bridgehead atoms. The van der Waals surface area contributed by atoms with Crippen molar-refractivity contribution in [3.05, 3.63) is 60.2 Å². The van der Waals surface area contributed by atoms with Gasteiger partial charge in [-0.05, 0) is 37.1 Å². The van der Waals surface area contributed by atoms with Crippen LogP contribution in [0.4, 0.5) is 0 Å². The monoisotopic (exact) mass is 320 g/mol. The van der Waals surface area contributed by atoms with Gasteiger partial charge in [0.05, 0.1) is 22.1 Å². The molecule has 0 aliphatic rings. The molecule has 4 aromatic rings. The SMILES string of the molecule is CCCc1nc2ccccc2[nH]1.CCCc1nc2ccccc2[nH]1. The van der Waals surface area contributed by atoms with Gasteiger partial charge in [0.25, 0.3) is 0 Å². The lowest BCUT2D eigenvalue weighted by molar-refractivity contribution is 0.861. The minimum Gasteiger partial charge on any atom is -0.342 e. The number of H-pyrrole nitrogens is 2. The summed E-state index contributed by atoms with van der Waals surface area (Å²) in [5.74, 6) is 2.19. The smallest absolute Gasteiger partial charge is 0.107 e. The molecular formula is C20H24N4. The molecule has 0 spiro atoms. The Hall–Kier alpha value is -2.62. The molecule has 0 aliphatic carbocycles. The van der Waals surface area contributed by atoms with Crippen LogP contribution in [0.25, 0.3) is 22.1 Å². The van der Waals surface area contributed by atoms with Gasteiger partial charge in [0.2, 0.25) is 0 Å². The largest absolute Gasteiger partial charge is 0.342 e. The van der Waals surface area contributed by atoms with E-state index in [0.29, 0.717) is 0 Å². The van der Waals surface area contributed by atoms with Crippen LogP contribution in [-0.2, 0) is 12.8 Å². The summed E-state index contributed by atoms with van der Waals surface area (Å²) < 4.78 is 0. The summed E-state index contributed by atoms with van der Waals surface area (Å²) in [5, 5.41) is 0. The first-order chi connectivity index (χ1) is 11.8. The summed E-state index contributed by atoms with van der Waals surface area (Å²) in [6.07, 6.45) is 4.35. The number of para-hydroxylation sites is 4. The standard InChI is InChI=1S/2C10H12N2/c2*1-2-5-10-11-8-6-3-4-7-9(8)12-10/h2*3-4,6-7H,2,5H2,1H3,(H,11,12). The van der Waals surface area contributed by atoms with Gasteiger partial charge in [0, 0.05) is 12.8 Å². The molecule has 0 atom stereocenters. The molecule has 0 radical (unpaired) electrons. The molecule has 0 aliphatic heterocycles. The number of nitrogens with one attached hydrogen (secondary N) is 2. The fourth-order valence-corrected chi connectivity index (χ4v) is 2.72. The Bertz CT molecular complexity index is 762. The highest BCUT2D eigenvalue weighted by molar-refractivity contribution is 5.75. The normalized spacial score (nSPS) is 10.8. The summed E-state index contributed by atoms with van der Waals surface area (Å²) in [6.45, 7) is 4.32. The molecule has 2 aromatic carbocycles. The molecule has 4 nitrogen and oxygen atoms in total. The van der Waals surface area contributed by atoms with Gasteiger partial charge in [-0.1, -0.05) is 38.1 Å². The van der Waals surface area contributed by atoms with Gasteiger partial charge in [-0.3, -0.25) is 0 Å². The molecule has 0 amide bonds. The van der Waals surface area contributed by atoms with Gasteiger partial charge in [-0.25, -0.2) is 9.97 Å². The van der Waals surface area contributed by atoms with Gasteiger partial charge < -0.3 is 9.97 Å². The number of aromatic nitrogens is 4. The Morgan fingerprint density at radius 1 is 0.667 bits per heavy atom. The van der Waals surface area contributed by atoms with Crippen LogP contribution in [0.2, 0.25) is 0 Å². The summed E-state index contributed by atoms with van der Waals surface area (Å²) in [5.41, 5.74) is 4.42. The van der Waals surface area contributed by atoms with Crippen LogP contribution < -0.4 is 0 Å². The van der Waals surface area contributed by atoms with E-state index in [0.717, 1.165) is 59.4 Å². The first-order valence-corrected chi connectivity index (χ1v) is 8.67. The van der Waals surface area contributed by atoms with E-state index in [1.165, 1.54) is 0 Å². The Kier molecular flexibility index (Phi) is 5.26. The lowest BCUT2D eigenvalue weighted by Crippen LogP contribution is -1.83. The summed E-state index contributed by atoms with van der Waals surface area (Å²) >= 11 is 0. The zero-order chi connectivity index (χ0) is 16.8. The first-order valence-electron chi connectivity index (χ1n) is 8.67. The number of imidazole rings is 2. The number of aromatic amines is 2. The van der Waals surface area contributed by atoms with E-state index < -0.39 is 0 Å². The number of hydrogen-bond acceptors (Lipinski definition) is 2. The lowest BCUT2D eigenvalue weighted by Gasteiger charge is -1.86. The van der Waals surface area contributed by atoms with Gasteiger partial charge >= 0.3 is 0 Å². The molecule has 0 unspecified atom stereocenters. The Morgan fingerprint density at radius 2 is 1.08 bits per heavy atom. The van der Waals surface area contributed by atoms with Gasteiger partial charge in [-0.2, -0.15) is 0 Å². The van der Waals surface area contributed by atoms with E-state index in [-0.39, 0.29) is 0 Å². The molecule has 0 saturated heterocycles. The maximum atomic E-state index is 4.45. The fourth-order valence-electron chi connectivity index (χ4n) is 2.72. The predicted octanol–water partition coefficient (Wildman–Crippen LogP) is 5.03. The zero-order valence-corrected chi connectivity index (χ0v) is 14.3. The van der Waals surface area contributed by atoms with Crippen LogP contribution in [-0.4, -0.2) is 19.9 Å². The molecule has 2 aromatic heterocycles. The van der Waals surface area contributed by atoms with Gasteiger partial charge in [0.15, 0.2) is 0 Å². The second kappa shape index (κ2) is 7.77. The quantitative estimate of drug-likeness (QED) is 0.554. The highest BCUT2D eigenvalue weighted by atomic mass is 14.9. The second-order valence-electron chi connectivity index (χ2n) is 5.90. The molecule has 4 heteroatoms. The van der Waals surface area contributed by atoms with E-state index in [4.69, 9.17) is 0 Å². The number of benzene rings is 2. The van der Waals surface area contributed by atoms with Gasteiger partial charge in [0.1, 0.15) is 11.6 Å². The molecule has 2 N–H and O–H groups in total. The van der Waals surface area contributed by atoms with E-state index >= 15 is 0 Å². The number of fused-ring (bicyclic) bond motifs is 2. The van der Waals surface area contributed by atoms with Crippen LogP contribution in [0.5, 0.6) is 0 Å². The van der Waals surface area contributed by atoms with Crippen LogP contribution in [0, 0.1) is 0 Å². The third kappa shape index (κ3) is 3.82. The van der Waals surface area contributed by atoms with Crippen molar-refractivity contribution in [3.63, 3.8) is 0 Å². The Morgan fingerprint density at radius 3 is 1.46 bits per heavy atom. The first kappa shape index (κ1) is 16.2. The van der Waals surface area contributed by atoms with Crippen molar-refractivity contribution >= 4 is 22.1 Å². The summed E-state index contributed by atoms with van der Waals surface area (Å²) in [7, 11) is 0. The average molecular weight is 320 g/mol. The van der Waals surface area contributed by atoms with E-state index in [9.17, 15) is 0 Å². The van der Waals surface area contributed by atoms with E-state index in [2.05, 4.69) is 45.9 Å². The van der Waals surface area contributed by atoms with Crippen molar-refractivity contribution in [2.24, 2.45) is 0 Å². The third-order valence-corrected chi connectivity index (χ3v) is 3.85. The highest BCUT2D eigenvalue weighted by Gasteiger charge is 1.99. The van der Waals surface area contributed by atoms with Crippen molar-refractivity contribution in [2.45, 2.75) is 39.5 Å². The van der Waals surface area contributed by atoms with E-state index in [1.807, 2.05) is 36.4 Å². The maximum absolute atomic E-state index is 4.45. The molecule has 4 rings (SSSR count). The summed E-state index contributed by atoms with van der Waals surface area (Å²) in [4.78, 5) is 15.5. The fraction of sp³-hybridized carbons (Fsp3) is 0.300. The van der Waals surface area contributed by atoms with Crippen LogP contribution in [0.3, 0.4) is 0 Å². The third-order valence-electron chi connectivity index (χ3n) is 3.85. The molecule has 2 heterocycles. The van der Waals surface area contributed by atoms with Crippen molar-refractivity contribution in [1.82, 2.24) is 19.9 Å². The lowest BCUT2D eigenvalue weighted by atomic mass is 10.3. The topological polar surface area (TPSA) is 57.4 Å². The number of nitrogens with zero attached hydrogens (tertiary/aromatic N) is 2. The summed E-state index contributed by atoms with van der Waals surface area (Å²) in [6, 6.07) is 16.3. The Balaban J connectivity index is 0.000000141. The molecular weight excluding hydrogens is 296 g/mol. The van der Waals surface area contributed by atoms with E-state index in [1.54, 1.807) is 0 Å². The average Bonchev–Trinajstić information content (AvgIpc) is 3.18. The molecule has 124 valence electrons. The van der Waals surface area contributed by atoms with Crippen LogP contribution >= 0.6 is 0 Å². The van der Waals surface area contributed by atoms with Crippen LogP contribution in [0.1, 0.15) is 38.3 Å². The predicted molar refractivity (Wildman–Crippen MR) is 100 cm³/mol. The minimum absolute atomic E-state index is 1.04. The number of hydrogen-bond donors (Lipinski definition) is 2. The second-order valence-corrected chi connectivity index (χ2v) is 5.90. The highest BCUT2D eigenvalue weighted by Crippen LogP contribution is 2.11. The van der Waals surface area contributed by atoms with Crippen molar-refractivity contribution in [3.8, 4) is 0 Å². The number of aryl methyl sites for hydroxylation is 2. The van der Waals surface area contributed by atoms with Crippen molar-refractivity contribution in [1.29, 1.82) is 0 Å². The molecule has 24 heavy (non-hydrogen) atoms. The zero-order valence-electron chi connectivity index (χ0n) is 14.3. The minimum atomic E-state index is 1.04. The Labute approximate surface area is 142 Å². The molecule has 0 fully saturated rings. The molecule has 0 saturated carbocycles.